The van der Waals surface area contributed by atoms with Crippen molar-refractivity contribution >= 4 is 25.5 Å². The number of ether oxygens (including phenoxy) is 2. The first-order chi connectivity index (χ1) is 24.5. The van der Waals surface area contributed by atoms with E-state index in [9.17, 15) is 29.2 Å². The first kappa shape index (κ1) is 47.1. The molecule has 0 aromatic rings. The van der Waals surface area contributed by atoms with Gasteiger partial charge in [0.25, 0.3) is 0 Å². The second kappa shape index (κ2) is 29.6. The molecule has 1 aliphatic carbocycles. The molecule has 0 spiro atoms. The molecule has 0 unspecified atom stereocenters. The van der Waals surface area contributed by atoms with Gasteiger partial charge < -0.3 is 29.5 Å². The van der Waals surface area contributed by atoms with Gasteiger partial charge in [0.1, 0.15) is 12.4 Å². The third-order valence-electron chi connectivity index (χ3n) is 9.35. The van der Waals surface area contributed by atoms with Crippen molar-refractivity contribution in [3.63, 3.8) is 0 Å². The van der Waals surface area contributed by atoms with Gasteiger partial charge in [0, 0.05) is 31.1 Å². The van der Waals surface area contributed by atoms with E-state index >= 15 is 0 Å². The Hall–Kier alpha value is -1.88. The number of unbranched alkanes of at least 4 members (excludes halogenated alkanes) is 15. The number of hydrogen-bond donors (Lipinski definition) is 4. The number of aliphatic hydroxyl groups excluding tert-OH is 2. The quantitative estimate of drug-likeness (QED) is 0.0226. The lowest BCUT2D eigenvalue weighted by molar-refractivity contribution is -0.161. The molecule has 5 atom stereocenters. The van der Waals surface area contributed by atoms with Gasteiger partial charge in [-0.15, -0.1) is 0 Å². The SMILES string of the molecule is CCCCCCCCCCCCCCCC(=O)OC[C@H](COP(=O)(O)O)OC(=O)CCC/C=C\C[C@H]1[C@@H](O)CC(=O)[C@@H]1/C=C/[C@@H](O)CCCCC. The van der Waals surface area contributed by atoms with E-state index in [4.69, 9.17) is 19.3 Å². The van der Waals surface area contributed by atoms with Gasteiger partial charge in [-0.05, 0) is 32.1 Å². The molecule has 1 aliphatic rings. The van der Waals surface area contributed by atoms with Crippen molar-refractivity contribution in [2.45, 2.75) is 180 Å². The summed E-state index contributed by atoms with van der Waals surface area (Å²) in [7, 11) is -4.82. The molecule has 0 bridgehead atoms. The number of esters is 2. The van der Waals surface area contributed by atoms with Crippen LogP contribution in [0.3, 0.4) is 0 Å². The van der Waals surface area contributed by atoms with Crippen LogP contribution >= 0.6 is 7.82 Å². The minimum atomic E-state index is -4.82. The minimum absolute atomic E-state index is 0.0233. The molecule has 0 amide bonds. The zero-order valence-corrected chi connectivity index (χ0v) is 32.4. The zero-order chi connectivity index (χ0) is 37.7. The monoisotopic (exact) mass is 744 g/mol. The lowest BCUT2D eigenvalue weighted by atomic mass is 9.90. The fourth-order valence-electron chi connectivity index (χ4n) is 6.29. The fourth-order valence-corrected chi connectivity index (χ4v) is 6.66. The average molecular weight is 745 g/mol. The van der Waals surface area contributed by atoms with E-state index in [-0.39, 0.29) is 37.6 Å². The Bertz CT molecular complexity index is 1040. The van der Waals surface area contributed by atoms with Gasteiger partial charge in [0.05, 0.1) is 18.8 Å². The first-order valence-corrected chi connectivity index (χ1v) is 21.3. The summed E-state index contributed by atoms with van der Waals surface area (Å²) in [5.41, 5.74) is 0. The summed E-state index contributed by atoms with van der Waals surface area (Å²) in [6.45, 7) is 3.35. The zero-order valence-electron chi connectivity index (χ0n) is 31.5. The second-order valence-electron chi connectivity index (χ2n) is 14.0. The molecule has 1 fully saturated rings. The maximum absolute atomic E-state index is 12.5. The van der Waals surface area contributed by atoms with E-state index in [0.29, 0.717) is 32.1 Å². The highest BCUT2D eigenvalue weighted by molar-refractivity contribution is 7.46. The molecular formula is C39H69O11P. The molecule has 1 rings (SSSR count). The normalized spacial score (nSPS) is 19.3. The molecule has 0 saturated heterocycles. The molecule has 0 aliphatic heterocycles. The van der Waals surface area contributed by atoms with Crippen molar-refractivity contribution in [2.75, 3.05) is 13.2 Å². The van der Waals surface area contributed by atoms with Crippen LogP contribution in [0.2, 0.25) is 0 Å². The largest absolute Gasteiger partial charge is 0.469 e. The summed E-state index contributed by atoms with van der Waals surface area (Å²) in [5.74, 6) is -1.84. The number of rotatable bonds is 32. The van der Waals surface area contributed by atoms with Gasteiger partial charge in [-0.25, -0.2) is 4.57 Å². The van der Waals surface area contributed by atoms with E-state index in [0.717, 1.165) is 38.5 Å². The number of ketones is 1. The van der Waals surface area contributed by atoms with Crippen LogP contribution in [-0.2, 0) is 32.9 Å². The van der Waals surface area contributed by atoms with Crippen LogP contribution in [0.1, 0.15) is 162 Å². The van der Waals surface area contributed by atoms with E-state index in [1.54, 1.807) is 12.2 Å². The first-order valence-electron chi connectivity index (χ1n) is 19.7. The summed E-state index contributed by atoms with van der Waals surface area (Å²) < 4.78 is 26.3. The third kappa shape index (κ3) is 25.7. The number of Topliss-reactive ketones (excluding diaryl/α,β-unsaturated/α-hetero) is 1. The standard InChI is InChI=1S/C39H69O11P/c1-3-5-7-8-9-10-11-12-13-14-15-16-21-25-38(43)48-30-33(31-49-51(45,46)47)50-39(44)26-22-18-17-20-24-34-35(37(42)29-36(34)41)28-27-32(40)23-19-6-4-2/h17,20,27-28,32-36,40-41H,3-16,18-19,21-26,29-31H2,1-2H3,(H2,45,46,47)/b20-17-,28-27+/t32-,33+,34+,35+,36-/m0/s1. The molecule has 4 N–H and O–H groups in total. The van der Waals surface area contributed by atoms with E-state index in [2.05, 4.69) is 18.4 Å². The molecule has 12 heteroatoms. The maximum atomic E-state index is 12.5. The average Bonchev–Trinajstić information content (AvgIpc) is 3.35. The number of allylic oxidation sites excluding steroid dienone is 3. The van der Waals surface area contributed by atoms with Crippen molar-refractivity contribution in [1.29, 1.82) is 0 Å². The Morgan fingerprint density at radius 1 is 0.804 bits per heavy atom. The van der Waals surface area contributed by atoms with Crippen molar-refractivity contribution in [1.82, 2.24) is 0 Å². The molecule has 0 heterocycles. The van der Waals surface area contributed by atoms with Gasteiger partial charge in [-0.3, -0.25) is 18.9 Å². The minimum Gasteiger partial charge on any atom is -0.462 e. The van der Waals surface area contributed by atoms with Crippen molar-refractivity contribution in [3.05, 3.63) is 24.3 Å². The molecule has 0 aromatic carbocycles. The summed E-state index contributed by atoms with van der Waals surface area (Å²) in [5, 5.41) is 20.6. The van der Waals surface area contributed by atoms with Gasteiger partial charge in [-0.2, -0.15) is 0 Å². The highest BCUT2D eigenvalue weighted by atomic mass is 31.2. The van der Waals surface area contributed by atoms with Crippen LogP contribution in [0.25, 0.3) is 0 Å². The van der Waals surface area contributed by atoms with Crippen molar-refractivity contribution in [3.8, 4) is 0 Å². The number of carbonyl (C=O) groups excluding carboxylic acids is 3. The molecule has 0 radical (unpaired) electrons. The van der Waals surface area contributed by atoms with E-state index in [1.165, 1.54) is 57.8 Å². The Labute approximate surface area is 307 Å². The van der Waals surface area contributed by atoms with Crippen LogP contribution in [0.5, 0.6) is 0 Å². The van der Waals surface area contributed by atoms with Crippen molar-refractivity contribution in [2.24, 2.45) is 11.8 Å². The smallest absolute Gasteiger partial charge is 0.462 e. The van der Waals surface area contributed by atoms with Crippen LogP contribution in [0.15, 0.2) is 24.3 Å². The van der Waals surface area contributed by atoms with Crippen LogP contribution < -0.4 is 0 Å². The molecule has 51 heavy (non-hydrogen) atoms. The number of carbonyl (C=O) groups is 3. The van der Waals surface area contributed by atoms with E-state index < -0.39 is 50.6 Å². The van der Waals surface area contributed by atoms with Gasteiger partial charge in [-0.1, -0.05) is 134 Å². The number of phosphoric ester groups is 1. The number of phosphoric acid groups is 1. The predicted octanol–water partition coefficient (Wildman–Crippen LogP) is 8.21. The molecule has 0 aromatic heterocycles. The highest BCUT2D eigenvalue weighted by Gasteiger charge is 2.39. The lowest BCUT2D eigenvalue weighted by Crippen LogP contribution is -2.29. The topological polar surface area (TPSA) is 177 Å². The Balaban J connectivity index is 2.34. The van der Waals surface area contributed by atoms with Crippen molar-refractivity contribution < 1.29 is 52.9 Å². The lowest BCUT2D eigenvalue weighted by Gasteiger charge is -2.18. The van der Waals surface area contributed by atoms with Gasteiger partial charge >= 0.3 is 19.8 Å². The van der Waals surface area contributed by atoms with Crippen LogP contribution in [0, 0.1) is 11.8 Å². The Morgan fingerprint density at radius 2 is 1.37 bits per heavy atom. The maximum Gasteiger partial charge on any atom is 0.469 e. The molecule has 1 saturated carbocycles. The third-order valence-corrected chi connectivity index (χ3v) is 9.84. The van der Waals surface area contributed by atoms with Crippen LogP contribution in [0.4, 0.5) is 0 Å². The summed E-state index contributed by atoms with van der Waals surface area (Å²) in [6.07, 6.45) is 25.5. The van der Waals surface area contributed by atoms with Gasteiger partial charge in [0.15, 0.2) is 6.10 Å². The van der Waals surface area contributed by atoms with Crippen LogP contribution in [-0.4, -0.2) is 69.2 Å². The summed E-state index contributed by atoms with van der Waals surface area (Å²) >= 11 is 0. The molecule has 296 valence electrons. The Kier molecular flexibility index (Phi) is 27.3. The number of hydrogen-bond acceptors (Lipinski definition) is 9. The van der Waals surface area contributed by atoms with E-state index in [1.807, 2.05) is 12.2 Å². The highest BCUT2D eigenvalue weighted by Crippen LogP contribution is 2.36. The van der Waals surface area contributed by atoms with Gasteiger partial charge in [0.2, 0.25) is 0 Å². The second-order valence-corrected chi connectivity index (χ2v) is 15.3. The fraction of sp³-hybridized carbons (Fsp3) is 0.821. The molecule has 11 nitrogen and oxygen atoms in total. The number of aliphatic hydroxyl groups is 2. The summed E-state index contributed by atoms with van der Waals surface area (Å²) in [6, 6.07) is 0. The predicted molar refractivity (Wildman–Crippen MR) is 199 cm³/mol. The summed E-state index contributed by atoms with van der Waals surface area (Å²) in [4.78, 5) is 55.4. The molecular weight excluding hydrogens is 675 g/mol. The Morgan fingerprint density at radius 3 is 1.98 bits per heavy atom.